The van der Waals surface area contributed by atoms with Crippen molar-refractivity contribution in [2.75, 3.05) is 64.3 Å². The van der Waals surface area contributed by atoms with Gasteiger partial charge in [-0.2, -0.15) is 0 Å². The first-order valence-electron chi connectivity index (χ1n) is 11.5. The maximum absolute atomic E-state index is 13.0. The first kappa shape index (κ1) is 23.8. The number of nitrogens with zero attached hydrogens (tertiary/aromatic N) is 3. The quantitative estimate of drug-likeness (QED) is 0.674. The van der Waals surface area contributed by atoms with Crippen LogP contribution in [0.25, 0.3) is 0 Å². The second-order valence-corrected chi connectivity index (χ2v) is 9.50. The third-order valence-corrected chi connectivity index (χ3v) is 7.26. The number of carbonyl (C=O) groups is 2. The lowest BCUT2D eigenvalue weighted by atomic mass is 10.2. The number of nitrogens with one attached hydrogen (secondary N) is 1. The van der Waals surface area contributed by atoms with E-state index >= 15 is 0 Å². The molecule has 0 aliphatic carbocycles. The summed E-state index contributed by atoms with van der Waals surface area (Å²) in [6, 6.07) is 17.8. The van der Waals surface area contributed by atoms with Crippen molar-refractivity contribution in [3.63, 3.8) is 0 Å². The second-order valence-electron chi connectivity index (χ2n) is 8.38. The number of para-hydroxylation sites is 1. The molecule has 0 bridgehead atoms. The van der Waals surface area contributed by atoms with Gasteiger partial charge in [0.25, 0.3) is 0 Å². The molecule has 2 aromatic rings. The predicted octanol–water partition coefficient (Wildman–Crippen LogP) is 2.64. The Kier molecular flexibility index (Phi) is 8.39. The summed E-state index contributed by atoms with van der Waals surface area (Å²) in [6.45, 7) is 8.12. The fourth-order valence-electron chi connectivity index (χ4n) is 4.09. The van der Waals surface area contributed by atoms with Crippen molar-refractivity contribution in [2.45, 2.75) is 22.8 Å². The summed E-state index contributed by atoms with van der Waals surface area (Å²) in [6.07, 6.45) is 0. The molecule has 1 unspecified atom stereocenters. The lowest BCUT2D eigenvalue weighted by Crippen LogP contribution is -2.55. The molecule has 2 saturated heterocycles. The van der Waals surface area contributed by atoms with Crippen LogP contribution >= 0.6 is 11.8 Å². The lowest BCUT2D eigenvalue weighted by molar-refractivity contribution is -0.137. The zero-order valence-electron chi connectivity index (χ0n) is 19.1. The Labute approximate surface area is 200 Å². The molecule has 2 amide bonds. The number of hydrogen-bond donors (Lipinski definition) is 1. The Balaban J connectivity index is 1.27. The highest BCUT2D eigenvalue weighted by Crippen LogP contribution is 2.33. The molecule has 2 heterocycles. The van der Waals surface area contributed by atoms with Gasteiger partial charge in [0.15, 0.2) is 0 Å². The Bertz CT molecular complexity index is 928. The smallest absolute Gasteiger partial charge is 0.241 e. The van der Waals surface area contributed by atoms with Gasteiger partial charge in [-0.25, -0.2) is 0 Å². The van der Waals surface area contributed by atoms with Crippen LogP contribution in [0.2, 0.25) is 0 Å². The first-order chi connectivity index (χ1) is 16.1. The molecule has 176 valence electrons. The normalized spacial score (nSPS) is 18.6. The van der Waals surface area contributed by atoms with Gasteiger partial charge in [0, 0.05) is 49.1 Å². The van der Waals surface area contributed by atoms with Crippen LogP contribution in [0.3, 0.4) is 0 Å². The summed E-state index contributed by atoms with van der Waals surface area (Å²) in [5.41, 5.74) is 0.831. The van der Waals surface area contributed by atoms with Crippen molar-refractivity contribution in [3.05, 3.63) is 54.6 Å². The number of rotatable bonds is 7. The monoisotopic (exact) mass is 468 g/mol. The van der Waals surface area contributed by atoms with Crippen molar-refractivity contribution in [1.82, 2.24) is 14.7 Å². The Hall–Kier alpha value is -2.39. The molecule has 0 radical (unpaired) electrons. The number of piperazine rings is 1. The van der Waals surface area contributed by atoms with Gasteiger partial charge in [-0.05, 0) is 31.2 Å². The maximum Gasteiger partial charge on any atom is 0.241 e. The minimum atomic E-state index is -0.239. The summed E-state index contributed by atoms with van der Waals surface area (Å²) < 4.78 is 5.33. The summed E-state index contributed by atoms with van der Waals surface area (Å²) in [5.74, 6) is 0.166. The average molecular weight is 469 g/mol. The minimum Gasteiger partial charge on any atom is -0.378 e. The number of amides is 2. The van der Waals surface area contributed by atoms with Crippen molar-refractivity contribution >= 4 is 29.3 Å². The number of carbonyl (C=O) groups excluding carboxylic acids is 2. The molecular formula is C25H32N4O3S. The topological polar surface area (TPSA) is 65.1 Å². The van der Waals surface area contributed by atoms with Gasteiger partial charge < -0.3 is 15.0 Å². The van der Waals surface area contributed by atoms with E-state index in [1.54, 1.807) is 11.8 Å². The molecule has 33 heavy (non-hydrogen) atoms. The number of benzene rings is 2. The number of anilines is 1. The largest absolute Gasteiger partial charge is 0.378 e. The Morgan fingerprint density at radius 2 is 1.61 bits per heavy atom. The molecule has 1 N–H and O–H groups in total. The molecule has 2 fully saturated rings. The van der Waals surface area contributed by atoms with Gasteiger partial charge in [-0.15, -0.1) is 0 Å². The molecule has 1 atom stereocenters. The van der Waals surface area contributed by atoms with Crippen LogP contribution < -0.4 is 5.32 Å². The van der Waals surface area contributed by atoms with Crippen LogP contribution in [0.15, 0.2) is 64.4 Å². The highest BCUT2D eigenvalue weighted by atomic mass is 32.2. The van der Waals surface area contributed by atoms with Crippen LogP contribution in [-0.4, -0.2) is 91.6 Å². The molecule has 2 aliphatic heterocycles. The van der Waals surface area contributed by atoms with Gasteiger partial charge in [0.05, 0.1) is 31.5 Å². The third-order valence-electron chi connectivity index (χ3n) is 6.17. The molecule has 7 nitrogen and oxygen atoms in total. The zero-order valence-corrected chi connectivity index (χ0v) is 19.9. The van der Waals surface area contributed by atoms with E-state index in [4.69, 9.17) is 4.74 Å². The van der Waals surface area contributed by atoms with Gasteiger partial charge >= 0.3 is 0 Å². The highest BCUT2D eigenvalue weighted by molar-refractivity contribution is 7.99. The van der Waals surface area contributed by atoms with Crippen molar-refractivity contribution in [3.8, 4) is 0 Å². The first-order valence-corrected chi connectivity index (χ1v) is 12.4. The van der Waals surface area contributed by atoms with Gasteiger partial charge in [-0.1, -0.05) is 42.1 Å². The summed E-state index contributed by atoms with van der Waals surface area (Å²) >= 11 is 1.64. The van der Waals surface area contributed by atoms with E-state index in [9.17, 15) is 9.59 Å². The molecular weight excluding hydrogens is 436 g/mol. The predicted molar refractivity (Wildman–Crippen MR) is 131 cm³/mol. The van der Waals surface area contributed by atoms with E-state index in [2.05, 4.69) is 27.2 Å². The summed E-state index contributed by atoms with van der Waals surface area (Å²) in [7, 11) is 0. The van der Waals surface area contributed by atoms with Crippen LogP contribution in [0.1, 0.15) is 6.92 Å². The molecule has 8 heteroatoms. The van der Waals surface area contributed by atoms with E-state index < -0.39 is 0 Å². The molecule has 2 aromatic carbocycles. The van der Waals surface area contributed by atoms with Gasteiger partial charge in [-0.3, -0.25) is 19.4 Å². The van der Waals surface area contributed by atoms with Gasteiger partial charge in [0.1, 0.15) is 0 Å². The standard InChI is InChI=1S/C25H32N4O3S/c1-20(28-13-11-27(12-14-28)19-24(30)29-15-17-32-18-16-29)25(31)26-22-9-5-6-10-23(22)33-21-7-3-2-4-8-21/h2-10,20H,11-19H2,1H3,(H,26,31). The van der Waals surface area contributed by atoms with Crippen LogP contribution in [-0.2, 0) is 14.3 Å². The van der Waals surface area contributed by atoms with E-state index in [0.29, 0.717) is 32.8 Å². The lowest BCUT2D eigenvalue weighted by Gasteiger charge is -2.38. The third kappa shape index (κ3) is 6.57. The van der Waals surface area contributed by atoms with Crippen molar-refractivity contribution in [2.24, 2.45) is 0 Å². The van der Waals surface area contributed by atoms with Crippen molar-refractivity contribution < 1.29 is 14.3 Å². The molecule has 0 aromatic heterocycles. The molecule has 4 rings (SSSR count). The fraction of sp³-hybridized carbons (Fsp3) is 0.440. The van der Waals surface area contributed by atoms with Crippen LogP contribution in [0.5, 0.6) is 0 Å². The average Bonchev–Trinajstić information content (AvgIpc) is 2.86. The Morgan fingerprint density at radius 3 is 2.33 bits per heavy atom. The highest BCUT2D eigenvalue weighted by Gasteiger charge is 2.28. The van der Waals surface area contributed by atoms with Gasteiger partial charge in [0.2, 0.25) is 11.8 Å². The molecule has 2 aliphatic rings. The minimum absolute atomic E-state index is 0.00560. The van der Waals surface area contributed by atoms with Crippen molar-refractivity contribution in [1.29, 1.82) is 0 Å². The fourth-order valence-corrected chi connectivity index (χ4v) is 5.01. The second kappa shape index (κ2) is 11.7. The zero-order chi connectivity index (χ0) is 23.0. The number of morpholine rings is 1. The maximum atomic E-state index is 13.0. The number of ether oxygens (including phenoxy) is 1. The summed E-state index contributed by atoms with van der Waals surface area (Å²) in [4.78, 5) is 34.0. The van der Waals surface area contributed by atoms with Crippen LogP contribution in [0.4, 0.5) is 5.69 Å². The molecule has 0 spiro atoms. The SMILES string of the molecule is CC(C(=O)Nc1ccccc1Sc1ccccc1)N1CCN(CC(=O)N2CCOCC2)CC1. The van der Waals surface area contributed by atoms with E-state index in [1.807, 2.05) is 54.3 Å². The van der Waals surface area contributed by atoms with E-state index in [-0.39, 0.29) is 17.9 Å². The molecule has 0 saturated carbocycles. The number of hydrogen-bond acceptors (Lipinski definition) is 6. The van der Waals surface area contributed by atoms with E-state index in [0.717, 1.165) is 41.7 Å². The van der Waals surface area contributed by atoms with Crippen LogP contribution in [0, 0.1) is 0 Å². The van der Waals surface area contributed by atoms with E-state index in [1.165, 1.54) is 0 Å². The summed E-state index contributed by atoms with van der Waals surface area (Å²) in [5, 5.41) is 3.13. The Morgan fingerprint density at radius 1 is 0.939 bits per heavy atom.